The highest BCUT2D eigenvalue weighted by Gasteiger charge is 2.25. The topological polar surface area (TPSA) is 60.5 Å². The van der Waals surface area contributed by atoms with Crippen LogP contribution in [0.4, 0.5) is 5.82 Å². The molecule has 22 heavy (non-hydrogen) atoms. The average Bonchev–Trinajstić information content (AvgIpc) is 2.88. The molecule has 2 heterocycles. The molecule has 3 rings (SSSR count). The third kappa shape index (κ3) is 2.62. The van der Waals surface area contributed by atoms with Gasteiger partial charge >= 0.3 is 0 Å². The largest absolute Gasteiger partial charge is 0.493 e. The first-order valence-electron chi connectivity index (χ1n) is 7.19. The van der Waals surface area contributed by atoms with E-state index < -0.39 is 0 Å². The summed E-state index contributed by atoms with van der Waals surface area (Å²) in [5.74, 6) is 1.68. The van der Waals surface area contributed by atoms with E-state index in [-0.39, 0.29) is 12.0 Å². The number of aromatic nitrogens is 1. The minimum absolute atomic E-state index is 0.0974. The van der Waals surface area contributed by atoms with Crippen LogP contribution < -0.4 is 14.8 Å². The van der Waals surface area contributed by atoms with Crippen LogP contribution in [-0.2, 0) is 6.42 Å². The molecule has 1 aromatic carbocycles. The average molecular weight is 298 g/mol. The number of rotatable bonds is 3. The van der Waals surface area contributed by atoms with Crippen LogP contribution in [0.3, 0.4) is 0 Å². The number of amides is 1. The highest BCUT2D eigenvalue weighted by atomic mass is 16.5. The first-order valence-corrected chi connectivity index (χ1v) is 7.19. The molecule has 114 valence electrons. The van der Waals surface area contributed by atoms with Crippen LogP contribution in [-0.4, -0.2) is 24.1 Å². The third-order valence-electron chi connectivity index (χ3n) is 3.68. The van der Waals surface area contributed by atoms with Crippen LogP contribution in [0.2, 0.25) is 0 Å². The number of ether oxygens (including phenoxy) is 2. The van der Waals surface area contributed by atoms with Gasteiger partial charge in [-0.05, 0) is 37.6 Å². The van der Waals surface area contributed by atoms with Gasteiger partial charge in [0.05, 0.1) is 7.11 Å². The Balaban J connectivity index is 1.91. The van der Waals surface area contributed by atoms with Gasteiger partial charge < -0.3 is 14.8 Å². The molecule has 1 amide bonds. The zero-order valence-electron chi connectivity index (χ0n) is 12.8. The first kappa shape index (κ1) is 14.4. The van der Waals surface area contributed by atoms with Crippen molar-refractivity contribution < 1.29 is 14.3 Å². The molecule has 5 heteroatoms. The van der Waals surface area contributed by atoms with Crippen molar-refractivity contribution in [3.05, 3.63) is 47.2 Å². The summed E-state index contributed by atoms with van der Waals surface area (Å²) in [6.45, 7) is 3.90. The quantitative estimate of drug-likeness (QED) is 0.946. The van der Waals surface area contributed by atoms with Crippen LogP contribution >= 0.6 is 0 Å². The van der Waals surface area contributed by atoms with Crippen molar-refractivity contribution in [2.24, 2.45) is 0 Å². The van der Waals surface area contributed by atoms with E-state index in [1.165, 1.54) is 0 Å². The Kier molecular flexibility index (Phi) is 3.71. The summed E-state index contributed by atoms with van der Waals surface area (Å²) in [5, 5.41) is 2.83. The SMILES string of the molecule is COc1cc(C(=O)Nc2ncccc2C)cc2c1O[C@@H](C)C2. The number of hydrogen-bond acceptors (Lipinski definition) is 4. The van der Waals surface area contributed by atoms with Crippen LogP contribution in [0.25, 0.3) is 0 Å². The van der Waals surface area contributed by atoms with Gasteiger partial charge in [0.1, 0.15) is 11.9 Å². The molecule has 0 aliphatic carbocycles. The lowest BCUT2D eigenvalue weighted by atomic mass is 10.1. The van der Waals surface area contributed by atoms with Gasteiger partial charge in [-0.2, -0.15) is 0 Å². The van der Waals surface area contributed by atoms with Crippen molar-refractivity contribution in [2.75, 3.05) is 12.4 Å². The molecule has 0 saturated heterocycles. The van der Waals surface area contributed by atoms with E-state index >= 15 is 0 Å². The fraction of sp³-hybridized carbons (Fsp3) is 0.294. The molecule has 1 N–H and O–H groups in total. The molecule has 0 fully saturated rings. The number of carbonyl (C=O) groups is 1. The van der Waals surface area contributed by atoms with E-state index in [1.807, 2.05) is 32.0 Å². The molecule has 1 aromatic heterocycles. The standard InChI is InChI=1S/C17H18N2O3/c1-10-5-4-6-18-16(10)19-17(20)13-8-12-7-11(2)22-15(12)14(9-13)21-3/h4-6,8-9,11H,7H2,1-3H3,(H,18,19,20)/t11-/m0/s1. The highest BCUT2D eigenvalue weighted by molar-refractivity contribution is 6.04. The second-order valence-corrected chi connectivity index (χ2v) is 5.42. The van der Waals surface area contributed by atoms with Gasteiger partial charge in [-0.25, -0.2) is 4.98 Å². The number of nitrogens with one attached hydrogen (secondary N) is 1. The van der Waals surface area contributed by atoms with E-state index in [4.69, 9.17) is 9.47 Å². The third-order valence-corrected chi connectivity index (χ3v) is 3.68. The minimum atomic E-state index is -0.206. The normalized spacial score (nSPS) is 15.9. The van der Waals surface area contributed by atoms with Crippen molar-refractivity contribution in [3.63, 3.8) is 0 Å². The predicted molar refractivity (Wildman–Crippen MR) is 83.7 cm³/mol. The van der Waals surface area contributed by atoms with E-state index in [1.54, 1.807) is 19.4 Å². The van der Waals surface area contributed by atoms with E-state index in [2.05, 4.69) is 10.3 Å². The molecule has 0 spiro atoms. The number of pyridine rings is 1. The Morgan fingerprint density at radius 2 is 2.27 bits per heavy atom. The van der Waals surface area contributed by atoms with Gasteiger partial charge in [0.25, 0.3) is 5.91 Å². The van der Waals surface area contributed by atoms with Crippen LogP contribution in [0.5, 0.6) is 11.5 Å². The van der Waals surface area contributed by atoms with E-state index in [0.29, 0.717) is 17.1 Å². The lowest BCUT2D eigenvalue weighted by molar-refractivity contribution is 0.102. The first-order chi connectivity index (χ1) is 10.6. The summed E-state index contributed by atoms with van der Waals surface area (Å²) >= 11 is 0. The van der Waals surface area contributed by atoms with E-state index in [0.717, 1.165) is 23.3 Å². The van der Waals surface area contributed by atoms with Gasteiger partial charge in [-0.15, -0.1) is 0 Å². The molecule has 2 aromatic rings. The number of anilines is 1. The lowest BCUT2D eigenvalue weighted by Crippen LogP contribution is -2.14. The van der Waals surface area contributed by atoms with E-state index in [9.17, 15) is 4.79 Å². The van der Waals surface area contributed by atoms with Crippen molar-refractivity contribution in [3.8, 4) is 11.5 Å². The Hall–Kier alpha value is -2.56. The Morgan fingerprint density at radius 1 is 1.45 bits per heavy atom. The van der Waals surface area contributed by atoms with Crippen LogP contribution in [0.1, 0.15) is 28.4 Å². The molecule has 1 aliphatic heterocycles. The highest BCUT2D eigenvalue weighted by Crippen LogP contribution is 2.39. The zero-order valence-corrected chi connectivity index (χ0v) is 12.8. The number of benzene rings is 1. The molecule has 0 bridgehead atoms. The predicted octanol–water partition coefficient (Wildman–Crippen LogP) is 2.97. The van der Waals surface area contributed by atoms with Crippen molar-refractivity contribution >= 4 is 11.7 Å². The second kappa shape index (κ2) is 5.67. The van der Waals surface area contributed by atoms with Crippen LogP contribution in [0, 0.1) is 6.92 Å². The molecular formula is C17H18N2O3. The number of carbonyl (C=O) groups excluding carboxylic acids is 1. The van der Waals surface area contributed by atoms with Gasteiger partial charge in [-0.3, -0.25) is 4.79 Å². The summed E-state index contributed by atoms with van der Waals surface area (Å²) in [4.78, 5) is 16.7. The molecule has 0 radical (unpaired) electrons. The molecule has 1 atom stereocenters. The molecule has 0 saturated carbocycles. The smallest absolute Gasteiger partial charge is 0.256 e. The summed E-state index contributed by atoms with van der Waals surface area (Å²) in [7, 11) is 1.58. The van der Waals surface area contributed by atoms with Crippen molar-refractivity contribution in [1.29, 1.82) is 0 Å². The summed E-state index contributed by atoms with van der Waals surface area (Å²) in [5.41, 5.74) is 2.45. The zero-order chi connectivity index (χ0) is 15.7. The van der Waals surface area contributed by atoms with Gasteiger partial charge in [0.15, 0.2) is 11.5 Å². The van der Waals surface area contributed by atoms with Gasteiger partial charge in [0.2, 0.25) is 0 Å². The maximum atomic E-state index is 12.5. The monoisotopic (exact) mass is 298 g/mol. The number of fused-ring (bicyclic) bond motifs is 1. The lowest BCUT2D eigenvalue weighted by Gasteiger charge is -2.11. The molecule has 0 unspecified atom stereocenters. The maximum Gasteiger partial charge on any atom is 0.256 e. The summed E-state index contributed by atoms with van der Waals surface area (Å²) < 4.78 is 11.1. The summed E-state index contributed by atoms with van der Waals surface area (Å²) in [6, 6.07) is 7.29. The fourth-order valence-electron chi connectivity index (χ4n) is 2.58. The Bertz CT molecular complexity index is 728. The number of aryl methyl sites for hydroxylation is 1. The number of nitrogens with zero attached hydrogens (tertiary/aromatic N) is 1. The van der Waals surface area contributed by atoms with Gasteiger partial charge in [0, 0.05) is 23.7 Å². The second-order valence-electron chi connectivity index (χ2n) is 5.42. The van der Waals surface area contributed by atoms with Gasteiger partial charge in [-0.1, -0.05) is 6.07 Å². The molecular weight excluding hydrogens is 280 g/mol. The van der Waals surface area contributed by atoms with Crippen molar-refractivity contribution in [1.82, 2.24) is 4.98 Å². The Labute approximate surface area is 129 Å². The maximum absolute atomic E-state index is 12.5. The Morgan fingerprint density at radius 3 is 3.00 bits per heavy atom. The molecule has 1 aliphatic rings. The molecule has 5 nitrogen and oxygen atoms in total. The van der Waals surface area contributed by atoms with Crippen molar-refractivity contribution in [2.45, 2.75) is 26.4 Å². The minimum Gasteiger partial charge on any atom is -0.493 e. The van der Waals surface area contributed by atoms with Crippen LogP contribution in [0.15, 0.2) is 30.5 Å². The number of hydrogen-bond donors (Lipinski definition) is 1. The fourth-order valence-corrected chi connectivity index (χ4v) is 2.58. The summed E-state index contributed by atoms with van der Waals surface area (Å²) in [6.07, 6.45) is 2.52. The number of methoxy groups -OCH3 is 1.